The van der Waals surface area contributed by atoms with Gasteiger partial charge < -0.3 is 0 Å². The van der Waals surface area contributed by atoms with Gasteiger partial charge in [-0.05, 0) is 6.07 Å². The zero-order valence-electron chi connectivity index (χ0n) is 8.04. The molecule has 0 N–H and O–H groups in total. The lowest BCUT2D eigenvalue weighted by molar-refractivity contribution is -0.137. The number of aromatic nitrogens is 3. The molecule has 2 aromatic heterocycles. The summed E-state index contributed by atoms with van der Waals surface area (Å²) in [5, 5.41) is 3.44. The highest BCUT2D eigenvalue weighted by atomic mass is 35.5. The molecule has 8 heteroatoms. The van der Waals surface area contributed by atoms with Gasteiger partial charge in [-0.15, -0.1) is 0 Å². The molecule has 0 bridgehead atoms. The summed E-state index contributed by atoms with van der Waals surface area (Å²) in [5.74, 6) is -1.20. The van der Waals surface area contributed by atoms with E-state index < -0.39 is 17.6 Å². The predicted molar refractivity (Wildman–Crippen MR) is 51.3 cm³/mol. The number of pyridine rings is 1. The van der Waals surface area contributed by atoms with E-state index in [9.17, 15) is 17.6 Å². The van der Waals surface area contributed by atoms with E-state index in [0.29, 0.717) is 17.1 Å². The van der Waals surface area contributed by atoms with E-state index in [-0.39, 0.29) is 10.8 Å². The van der Waals surface area contributed by atoms with Gasteiger partial charge in [0.05, 0.1) is 16.8 Å². The first kappa shape index (κ1) is 11.8. The van der Waals surface area contributed by atoms with Crippen molar-refractivity contribution in [2.75, 3.05) is 0 Å². The van der Waals surface area contributed by atoms with E-state index in [1.165, 1.54) is 0 Å². The Morgan fingerprint density at radius 3 is 2.47 bits per heavy atom. The Morgan fingerprint density at radius 1 is 1.24 bits per heavy atom. The molecular formula is C9H4ClF4N3. The summed E-state index contributed by atoms with van der Waals surface area (Å²) >= 11 is 5.47. The van der Waals surface area contributed by atoms with Crippen LogP contribution >= 0.6 is 11.6 Å². The lowest BCUT2D eigenvalue weighted by Crippen LogP contribution is -2.04. The first-order chi connectivity index (χ1) is 7.88. The van der Waals surface area contributed by atoms with Gasteiger partial charge in [0.25, 0.3) is 0 Å². The molecular weight excluding hydrogens is 262 g/mol. The van der Waals surface area contributed by atoms with Crippen molar-refractivity contribution in [2.24, 2.45) is 0 Å². The van der Waals surface area contributed by atoms with Crippen LogP contribution in [0.1, 0.15) is 5.56 Å². The fourth-order valence-electron chi connectivity index (χ4n) is 1.16. The number of nitrogens with zero attached hydrogens (tertiary/aromatic N) is 3. The second kappa shape index (κ2) is 3.99. The van der Waals surface area contributed by atoms with E-state index in [4.69, 9.17) is 11.6 Å². The maximum atomic E-state index is 13.4. The Bertz CT molecular complexity index is 549. The van der Waals surface area contributed by atoms with Gasteiger partial charge in [-0.1, -0.05) is 11.6 Å². The normalized spacial score (nSPS) is 11.8. The van der Waals surface area contributed by atoms with Crippen LogP contribution in [-0.2, 0) is 6.18 Å². The molecule has 17 heavy (non-hydrogen) atoms. The van der Waals surface area contributed by atoms with Crippen LogP contribution in [0.5, 0.6) is 0 Å². The van der Waals surface area contributed by atoms with Crippen molar-refractivity contribution < 1.29 is 17.6 Å². The molecule has 2 aromatic rings. The van der Waals surface area contributed by atoms with Crippen LogP contribution in [0.3, 0.4) is 0 Å². The molecule has 2 rings (SSSR count). The topological polar surface area (TPSA) is 30.7 Å². The van der Waals surface area contributed by atoms with E-state index in [1.807, 2.05) is 0 Å². The third kappa shape index (κ3) is 2.38. The highest BCUT2D eigenvalue weighted by molar-refractivity contribution is 6.30. The van der Waals surface area contributed by atoms with Gasteiger partial charge in [-0.3, -0.25) is 0 Å². The molecule has 0 saturated heterocycles. The summed E-state index contributed by atoms with van der Waals surface area (Å²) in [7, 11) is 0. The molecule has 2 heterocycles. The molecule has 0 aliphatic rings. The van der Waals surface area contributed by atoms with Crippen molar-refractivity contribution in [3.63, 3.8) is 0 Å². The minimum Gasteiger partial charge on any atom is -0.233 e. The zero-order chi connectivity index (χ0) is 12.6. The zero-order valence-corrected chi connectivity index (χ0v) is 8.80. The average Bonchev–Trinajstić information content (AvgIpc) is 2.65. The van der Waals surface area contributed by atoms with Crippen LogP contribution in [0.25, 0.3) is 5.82 Å². The maximum Gasteiger partial charge on any atom is 0.419 e. The van der Waals surface area contributed by atoms with Gasteiger partial charge >= 0.3 is 6.18 Å². The van der Waals surface area contributed by atoms with Crippen LogP contribution in [0.4, 0.5) is 17.6 Å². The van der Waals surface area contributed by atoms with Gasteiger partial charge in [0.15, 0.2) is 11.6 Å². The largest absolute Gasteiger partial charge is 0.419 e. The number of hydrogen-bond acceptors (Lipinski definition) is 2. The predicted octanol–water partition coefficient (Wildman–Crippen LogP) is 3.08. The van der Waals surface area contributed by atoms with Crippen LogP contribution in [0.2, 0.25) is 5.02 Å². The minimum atomic E-state index is -4.53. The number of rotatable bonds is 1. The Labute approximate surface area is 97.6 Å². The molecule has 0 amide bonds. The number of hydrogen-bond donors (Lipinski definition) is 0. The summed E-state index contributed by atoms with van der Waals surface area (Å²) in [6.45, 7) is 0. The van der Waals surface area contributed by atoms with E-state index in [2.05, 4.69) is 10.1 Å². The van der Waals surface area contributed by atoms with Crippen molar-refractivity contribution in [1.29, 1.82) is 0 Å². The molecule has 0 aromatic carbocycles. The Balaban J connectivity index is 2.44. The number of alkyl halides is 3. The molecule has 0 saturated carbocycles. The summed E-state index contributed by atoms with van der Waals surface area (Å²) in [6, 6.07) is 0.943. The molecule has 0 atom stereocenters. The number of halogens is 5. The third-order valence-electron chi connectivity index (χ3n) is 1.92. The summed E-state index contributed by atoms with van der Waals surface area (Å²) in [4.78, 5) is 3.57. The van der Waals surface area contributed by atoms with Gasteiger partial charge in [0.1, 0.15) is 0 Å². The Kier molecular flexibility index (Phi) is 2.78. The van der Waals surface area contributed by atoms with Crippen molar-refractivity contribution in [3.8, 4) is 5.82 Å². The van der Waals surface area contributed by atoms with E-state index in [1.54, 1.807) is 0 Å². The van der Waals surface area contributed by atoms with Crippen LogP contribution in [-0.4, -0.2) is 14.8 Å². The molecule has 0 radical (unpaired) electrons. The highest BCUT2D eigenvalue weighted by Gasteiger charge is 2.32. The van der Waals surface area contributed by atoms with Crippen LogP contribution in [0, 0.1) is 5.82 Å². The highest BCUT2D eigenvalue weighted by Crippen LogP contribution is 2.29. The van der Waals surface area contributed by atoms with Gasteiger partial charge in [-0.25, -0.2) is 14.1 Å². The first-order valence-electron chi connectivity index (χ1n) is 4.31. The summed E-state index contributed by atoms with van der Waals surface area (Å²) < 4.78 is 50.9. The molecule has 0 unspecified atom stereocenters. The third-order valence-corrected chi connectivity index (χ3v) is 2.12. The average molecular weight is 266 g/mol. The van der Waals surface area contributed by atoms with E-state index >= 15 is 0 Å². The Morgan fingerprint density at radius 2 is 1.94 bits per heavy atom. The van der Waals surface area contributed by atoms with Crippen LogP contribution < -0.4 is 0 Å². The lowest BCUT2D eigenvalue weighted by atomic mass is 10.3. The van der Waals surface area contributed by atoms with E-state index in [0.717, 1.165) is 12.3 Å². The summed E-state index contributed by atoms with van der Waals surface area (Å²) in [5.41, 5.74) is -0.978. The molecule has 0 fully saturated rings. The lowest BCUT2D eigenvalue weighted by Gasteiger charge is -2.02. The molecule has 3 nitrogen and oxygen atoms in total. The first-order valence-corrected chi connectivity index (χ1v) is 4.69. The van der Waals surface area contributed by atoms with Gasteiger partial charge in [-0.2, -0.15) is 18.3 Å². The van der Waals surface area contributed by atoms with Gasteiger partial charge in [0.2, 0.25) is 0 Å². The maximum absolute atomic E-state index is 13.4. The fraction of sp³-hybridized carbons (Fsp3) is 0.111. The fourth-order valence-corrected chi connectivity index (χ4v) is 1.31. The van der Waals surface area contributed by atoms with Gasteiger partial charge in [0, 0.05) is 12.4 Å². The molecule has 0 spiro atoms. The van der Waals surface area contributed by atoms with Crippen molar-refractivity contribution >= 4 is 11.6 Å². The smallest absolute Gasteiger partial charge is 0.233 e. The molecule has 0 aliphatic carbocycles. The van der Waals surface area contributed by atoms with Crippen molar-refractivity contribution in [3.05, 3.63) is 41.1 Å². The molecule has 90 valence electrons. The Hall–Kier alpha value is -1.63. The SMILES string of the molecule is Fc1cc(Cl)cnc1-n1cc(C(F)(F)F)cn1. The monoisotopic (exact) mass is 265 g/mol. The second-order valence-corrected chi connectivity index (χ2v) is 3.57. The molecule has 0 aliphatic heterocycles. The summed E-state index contributed by atoms with van der Waals surface area (Å²) in [6.07, 6.45) is -2.16. The van der Waals surface area contributed by atoms with Crippen molar-refractivity contribution in [1.82, 2.24) is 14.8 Å². The minimum absolute atomic E-state index is 0.0504. The quantitative estimate of drug-likeness (QED) is 0.742. The van der Waals surface area contributed by atoms with Crippen LogP contribution in [0.15, 0.2) is 24.7 Å². The standard InChI is InChI=1S/C9H4ClF4N3/c10-6-1-7(11)8(15-3-6)17-4-5(2-16-17)9(12,13)14/h1-4H. The van der Waals surface area contributed by atoms with Crippen molar-refractivity contribution in [2.45, 2.75) is 6.18 Å². The second-order valence-electron chi connectivity index (χ2n) is 3.13.